The van der Waals surface area contributed by atoms with Gasteiger partial charge >= 0.3 is 5.97 Å². The van der Waals surface area contributed by atoms with E-state index < -0.39 is 0 Å². The quantitative estimate of drug-likeness (QED) is 0.482. The molecule has 0 bridgehead atoms. The van der Waals surface area contributed by atoms with E-state index in [2.05, 4.69) is 10.1 Å². The van der Waals surface area contributed by atoms with E-state index in [0.717, 1.165) is 0 Å². The molecule has 0 unspecified atom stereocenters. The van der Waals surface area contributed by atoms with Gasteiger partial charge < -0.3 is 10.1 Å². The lowest BCUT2D eigenvalue weighted by Gasteiger charge is -2.01. The molecular weight excluding hydrogens is 142 g/mol. The van der Waals surface area contributed by atoms with Gasteiger partial charge in [-0.05, 0) is 20.9 Å². The standard InChI is InChI=1S/C8H15NO2/c1-4-11-8(10)6-5-7(2)9-3/h5-7,9H,4H2,1-3H3/b6-5+/t7-/m1/s1. The van der Waals surface area contributed by atoms with Crippen molar-refractivity contribution in [2.24, 2.45) is 0 Å². The molecule has 0 radical (unpaired) electrons. The molecule has 0 aromatic carbocycles. The number of hydrogen-bond acceptors (Lipinski definition) is 3. The average molecular weight is 157 g/mol. The van der Waals surface area contributed by atoms with E-state index in [-0.39, 0.29) is 12.0 Å². The molecule has 3 nitrogen and oxygen atoms in total. The molecular formula is C8H15NO2. The molecule has 0 saturated carbocycles. The Morgan fingerprint density at radius 1 is 1.73 bits per heavy atom. The lowest BCUT2D eigenvalue weighted by atomic mass is 10.3. The number of hydrogen-bond donors (Lipinski definition) is 1. The Labute approximate surface area is 67.4 Å². The summed E-state index contributed by atoms with van der Waals surface area (Å²) in [5.41, 5.74) is 0. The number of ether oxygens (including phenoxy) is 1. The van der Waals surface area contributed by atoms with E-state index in [9.17, 15) is 4.79 Å². The van der Waals surface area contributed by atoms with Gasteiger partial charge in [0.25, 0.3) is 0 Å². The van der Waals surface area contributed by atoms with Crippen LogP contribution in [0.2, 0.25) is 0 Å². The van der Waals surface area contributed by atoms with Crippen molar-refractivity contribution in [3.05, 3.63) is 12.2 Å². The molecule has 11 heavy (non-hydrogen) atoms. The largest absolute Gasteiger partial charge is 0.463 e. The number of likely N-dealkylation sites (N-methyl/N-ethyl adjacent to an activating group) is 1. The summed E-state index contributed by atoms with van der Waals surface area (Å²) in [4.78, 5) is 10.7. The van der Waals surface area contributed by atoms with Gasteiger partial charge in [-0.25, -0.2) is 4.79 Å². The highest BCUT2D eigenvalue weighted by molar-refractivity contribution is 5.81. The molecule has 0 rings (SSSR count). The number of esters is 1. The second kappa shape index (κ2) is 5.92. The first-order valence-electron chi connectivity index (χ1n) is 3.73. The van der Waals surface area contributed by atoms with E-state index in [1.807, 2.05) is 14.0 Å². The van der Waals surface area contributed by atoms with Crippen molar-refractivity contribution in [1.29, 1.82) is 0 Å². The first-order valence-corrected chi connectivity index (χ1v) is 3.73. The maximum absolute atomic E-state index is 10.7. The van der Waals surface area contributed by atoms with Gasteiger partial charge in [0, 0.05) is 12.1 Å². The highest BCUT2D eigenvalue weighted by Gasteiger charge is 1.94. The molecule has 0 aromatic rings. The highest BCUT2D eigenvalue weighted by atomic mass is 16.5. The number of carbonyl (C=O) groups excluding carboxylic acids is 1. The van der Waals surface area contributed by atoms with Crippen LogP contribution in [0, 0.1) is 0 Å². The van der Waals surface area contributed by atoms with Crippen molar-refractivity contribution < 1.29 is 9.53 Å². The van der Waals surface area contributed by atoms with Crippen LogP contribution in [-0.2, 0) is 9.53 Å². The van der Waals surface area contributed by atoms with Crippen LogP contribution in [0.3, 0.4) is 0 Å². The Hall–Kier alpha value is -0.830. The molecule has 0 aliphatic heterocycles. The van der Waals surface area contributed by atoms with Crippen LogP contribution in [0.15, 0.2) is 12.2 Å². The molecule has 1 N–H and O–H groups in total. The first-order chi connectivity index (χ1) is 5.20. The van der Waals surface area contributed by atoms with Gasteiger partial charge in [0.1, 0.15) is 0 Å². The van der Waals surface area contributed by atoms with Gasteiger partial charge in [0.15, 0.2) is 0 Å². The molecule has 64 valence electrons. The van der Waals surface area contributed by atoms with Gasteiger partial charge in [0.05, 0.1) is 6.61 Å². The van der Waals surface area contributed by atoms with Crippen LogP contribution in [0.4, 0.5) is 0 Å². The zero-order valence-electron chi connectivity index (χ0n) is 7.26. The summed E-state index contributed by atoms with van der Waals surface area (Å²) in [7, 11) is 1.83. The Balaban J connectivity index is 3.63. The smallest absolute Gasteiger partial charge is 0.330 e. The lowest BCUT2D eigenvalue weighted by Crippen LogP contribution is -2.18. The normalized spacial score (nSPS) is 13.4. The van der Waals surface area contributed by atoms with Gasteiger partial charge in [-0.2, -0.15) is 0 Å². The topological polar surface area (TPSA) is 38.3 Å². The third-order valence-corrected chi connectivity index (χ3v) is 1.26. The third-order valence-electron chi connectivity index (χ3n) is 1.26. The van der Waals surface area contributed by atoms with E-state index in [0.29, 0.717) is 6.61 Å². The minimum absolute atomic E-state index is 0.208. The first kappa shape index (κ1) is 10.2. The minimum atomic E-state index is -0.283. The zero-order valence-corrected chi connectivity index (χ0v) is 7.26. The Kier molecular flexibility index (Phi) is 5.47. The van der Waals surface area contributed by atoms with Crippen molar-refractivity contribution in [3.63, 3.8) is 0 Å². The van der Waals surface area contributed by atoms with Crippen LogP contribution in [0.25, 0.3) is 0 Å². The van der Waals surface area contributed by atoms with Gasteiger partial charge in [-0.1, -0.05) is 6.08 Å². The molecule has 0 saturated heterocycles. The van der Waals surface area contributed by atoms with Crippen molar-refractivity contribution in [2.45, 2.75) is 19.9 Å². The Morgan fingerprint density at radius 3 is 2.82 bits per heavy atom. The van der Waals surface area contributed by atoms with Crippen LogP contribution in [-0.4, -0.2) is 25.7 Å². The fraction of sp³-hybridized carbons (Fsp3) is 0.625. The van der Waals surface area contributed by atoms with Crippen molar-refractivity contribution in [2.75, 3.05) is 13.7 Å². The number of rotatable bonds is 4. The minimum Gasteiger partial charge on any atom is -0.463 e. The van der Waals surface area contributed by atoms with Crippen LogP contribution >= 0.6 is 0 Å². The van der Waals surface area contributed by atoms with E-state index in [1.54, 1.807) is 13.0 Å². The predicted octanol–water partition coefficient (Wildman–Crippen LogP) is 0.714. The van der Waals surface area contributed by atoms with Gasteiger partial charge in [-0.15, -0.1) is 0 Å². The van der Waals surface area contributed by atoms with E-state index in [4.69, 9.17) is 0 Å². The molecule has 0 fully saturated rings. The molecule has 0 aromatic heterocycles. The maximum Gasteiger partial charge on any atom is 0.330 e. The summed E-state index contributed by atoms with van der Waals surface area (Å²) in [5, 5.41) is 2.97. The second-order valence-corrected chi connectivity index (χ2v) is 2.19. The molecule has 0 amide bonds. The number of carbonyl (C=O) groups is 1. The predicted molar refractivity (Wildman–Crippen MR) is 44.3 cm³/mol. The van der Waals surface area contributed by atoms with E-state index >= 15 is 0 Å². The summed E-state index contributed by atoms with van der Waals surface area (Å²) in [5.74, 6) is -0.283. The SMILES string of the molecule is CCOC(=O)/C=C/[C@@H](C)NC. The van der Waals surface area contributed by atoms with Gasteiger partial charge in [0.2, 0.25) is 0 Å². The van der Waals surface area contributed by atoms with Gasteiger partial charge in [-0.3, -0.25) is 0 Å². The Bertz CT molecular complexity index is 143. The van der Waals surface area contributed by atoms with Crippen molar-refractivity contribution in [3.8, 4) is 0 Å². The molecule has 0 spiro atoms. The number of nitrogens with one attached hydrogen (secondary N) is 1. The summed E-state index contributed by atoms with van der Waals surface area (Å²) in [6.45, 7) is 4.17. The van der Waals surface area contributed by atoms with Crippen LogP contribution < -0.4 is 5.32 Å². The summed E-state index contributed by atoms with van der Waals surface area (Å²) in [6, 6.07) is 0.208. The van der Waals surface area contributed by atoms with E-state index in [1.165, 1.54) is 6.08 Å². The second-order valence-electron chi connectivity index (χ2n) is 2.19. The zero-order chi connectivity index (χ0) is 8.69. The van der Waals surface area contributed by atoms with Crippen molar-refractivity contribution >= 4 is 5.97 Å². The third kappa shape index (κ3) is 5.61. The monoisotopic (exact) mass is 157 g/mol. The van der Waals surface area contributed by atoms with Crippen LogP contribution in [0.5, 0.6) is 0 Å². The molecule has 1 atom stereocenters. The fourth-order valence-electron chi connectivity index (χ4n) is 0.510. The fourth-order valence-corrected chi connectivity index (χ4v) is 0.510. The summed E-state index contributed by atoms with van der Waals surface area (Å²) in [6.07, 6.45) is 3.20. The van der Waals surface area contributed by atoms with Crippen molar-refractivity contribution in [1.82, 2.24) is 5.32 Å². The molecule has 0 aliphatic carbocycles. The highest BCUT2D eigenvalue weighted by Crippen LogP contribution is 1.85. The summed E-state index contributed by atoms with van der Waals surface area (Å²) >= 11 is 0. The molecule has 0 aliphatic rings. The molecule has 3 heteroatoms. The lowest BCUT2D eigenvalue weighted by molar-refractivity contribution is -0.137. The molecule has 0 heterocycles. The average Bonchev–Trinajstić information content (AvgIpc) is 2.01. The maximum atomic E-state index is 10.7. The van der Waals surface area contributed by atoms with Crippen LogP contribution in [0.1, 0.15) is 13.8 Å². The summed E-state index contributed by atoms with van der Waals surface area (Å²) < 4.78 is 4.68. The Morgan fingerprint density at radius 2 is 2.36 bits per heavy atom.